The quantitative estimate of drug-likeness (QED) is 0.879. The fourth-order valence-electron chi connectivity index (χ4n) is 2.78. The lowest BCUT2D eigenvalue weighted by Gasteiger charge is -2.29. The van der Waals surface area contributed by atoms with Crippen LogP contribution in [-0.2, 0) is 15.1 Å². The summed E-state index contributed by atoms with van der Waals surface area (Å²) in [5.41, 5.74) is 8.51. The summed E-state index contributed by atoms with van der Waals surface area (Å²) < 4.78 is 0. The largest absolute Gasteiger partial charge is 0.335 e. The molecule has 0 aliphatic heterocycles. The van der Waals surface area contributed by atoms with Gasteiger partial charge in [0.1, 0.15) is 5.54 Å². The van der Waals surface area contributed by atoms with Crippen LogP contribution in [0.4, 0.5) is 5.69 Å². The number of aryl methyl sites for hydroxylation is 2. The van der Waals surface area contributed by atoms with E-state index in [-0.39, 0.29) is 18.4 Å². The lowest BCUT2D eigenvalue weighted by Crippen LogP contribution is -2.51. The number of hydrogen-bond acceptors (Lipinski definition) is 3. The molecule has 5 heteroatoms. The lowest BCUT2D eigenvalue weighted by atomic mass is 9.92. The van der Waals surface area contributed by atoms with Crippen LogP contribution in [0.15, 0.2) is 48.5 Å². The zero-order chi connectivity index (χ0) is 18.6. The monoisotopic (exact) mass is 339 g/mol. The Balaban J connectivity index is 2.07. The summed E-state index contributed by atoms with van der Waals surface area (Å²) in [7, 11) is 1.58. The van der Waals surface area contributed by atoms with E-state index in [1.807, 2.05) is 62.4 Å². The summed E-state index contributed by atoms with van der Waals surface area (Å²) in [6.07, 6.45) is 0. The molecule has 0 saturated heterocycles. The van der Waals surface area contributed by atoms with Crippen molar-refractivity contribution in [1.82, 2.24) is 4.90 Å². The molecule has 132 valence electrons. The molecule has 3 N–H and O–H groups in total. The van der Waals surface area contributed by atoms with E-state index in [2.05, 4.69) is 5.32 Å². The predicted molar refractivity (Wildman–Crippen MR) is 100 cm³/mol. The van der Waals surface area contributed by atoms with Crippen molar-refractivity contribution in [3.63, 3.8) is 0 Å². The molecule has 0 aliphatic carbocycles. The van der Waals surface area contributed by atoms with Crippen LogP contribution < -0.4 is 11.1 Å². The van der Waals surface area contributed by atoms with Gasteiger partial charge in [-0.2, -0.15) is 0 Å². The first-order valence-electron chi connectivity index (χ1n) is 8.19. The first-order chi connectivity index (χ1) is 11.7. The van der Waals surface area contributed by atoms with Crippen LogP contribution in [-0.4, -0.2) is 30.3 Å². The second kappa shape index (κ2) is 7.49. The second-order valence-corrected chi connectivity index (χ2v) is 6.54. The summed E-state index contributed by atoms with van der Waals surface area (Å²) in [6, 6.07) is 15.0. The number of rotatable bonds is 5. The highest BCUT2D eigenvalue weighted by Crippen LogP contribution is 2.21. The Labute approximate surface area is 148 Å². The van der Waals surface area contributed by atoms with Crippen molar-refractivity contribution in [2.24, 2.45) is 5.73 Å². The van der Waals surface area contributed by atoms with Gasteiger partial charge in [-0.1, -0.05) is 48.5 Å². The number of benzene rings is 2. The molecule has 2 aromatic rings. The Morgan fingerprint density at radius 2 is 1.60 bits per heavy atom. The molecule has 0 fully saturated rings. The molecule has 5 nitrogen and oxygen atoms in total. The van der Waals surface area contributed by atoms with Gasteiger partial charge in [0, 0.05) is 12.7 Å². The van der Waals surface area contributed by atoms with Gasteiger partial charge in [0.2, 0.25) is 11.8 Å². The van der Waals surface area contributed by atoms with Crippen LogP contribution in [0.1, 0.15) is 23.6 Å². The molecule has 1 atom stereocenters. The number of carbonyl (C=O) groups is 2. The minimum absolute atomic E-state index is 0.0633. The molecule has 0 aliphatic rings. The van der Waals surface area contributed by atoms with Crippen molar-refractivity contribution in [2.75, 3.05) is 18.9 Å². The molecule has 25 heavy (non-hydrogen) atoms. The molecule has 0 spiro atoms. The van der Waals surface area contributed by atoms with E-state index < -0.39 is 5.54 Å². The molecular formula is C20H25N3O2. The zero-order valence-corrected chi connectivity index (χ0v) is 15.2. The number of nitrogens with zero attached hydrogens (tertiary/aromatic N) is 1. The van der Waals surface area contributed by atoms with Crippen molar-refractivity contribution in [1.29, 1.82) is 0 Å². The standard InChI is InChI=1S/C20H25N3O2/c1-14-9-8-10-15(2)18(14)22-17(24)13-23(4)19(25)20(3,21)16-11-6-5-7-12-16/h5-12H,13,21H2,1-4H3,(H,22,24). The van der Waals surface area contributed by atoms with Gasteiger partial charge >= 0.3 is 0 Å². The molecule has 0 aromatic heterocycles. The topological polar surface area (TPSA) is 75.4 Å². The summed E-state index contributed by atoms with van der Waals surface area (Å²) in [5, 5.41) is 2.88. The van der Waals surface area contributed by atoms with E-state index in [9.17, 15) is 9.59 Å². The average Bonchev–Trinajstić information content (AvgIpc) is 2.58. The summed E-state index contributed by atoms with van der Waals surface area (Å²) >= 11 is 0. The number of para-hydroxylation sites is 1. The van der Waals surface area contributed by atoms with E-state index in [1.165, 1.54) is 4.90 Å². The third-order valence-corrected chi connectivity index (χ3v) is 4.29. The van der Waals surface area contributed by atoms with Gasteiger partial charge in [-0.05, 0) is 37.5 Å². The summed E-state index contributed by atoms with van der Waals surface area (Å²) in [4.78, 5) is 26.4. The van der Waals surface area contributed by atoms with Crippen molar-refractivity contribution >= 4 is 17.5 Å². The Bertz CT molecular complexity index is 750. The van der Waals surface area contributed by atoms with E-state index in [0.717, 1.165) is 16.8 Å². The second-order valence-electron chi connectivity index (χ2n) is 6.54. The fourth-order valence-corrected chi connectivity index (χ4v) is 2.78. The van der Waals surface area contributed by atoms with Gasteiger partial charge in [0.05, 0.1) is 6.54 Å². The van der Waals surface area contributed by atoms with Crippen molar-refractivity contribution in [3.05, 3.63) is 65.2 Å². The van der Waals surface area contributed by atoms with Crippen molar-refractivity contribution in [3.8, 4) is 0 Å². The Hall–Kier alpha value is -2.66. The summed E-state index contributed by atoms with van der Waals surface area (Å²) in [5.74, 6) is -0.563. The van der Waals surface area contributed by atoms with E-state index in [0.29, 0.717) is 5.56 Å². The van der Waals surface area contributed by atoms with Crippen LogP contribution in [0.5, 0.6) is 0 Å². The number of carbonyl (C=O) groups excluding carboxylic acids is 2. The molecule has 2 amide bonds. The number of hydrogen-bond donors (Lipinski definition) is 2. The molecule has 0 heterocycles. The molecular weight excluding hydrogens is 314 g/mol. The molecule has 2 aromatic carbocycles. The molecule has 0 radical (unpaired) electrons. The van der Waals surface area contributed by atoms with Crippen LogP contribution in [0.3, 0.4) is 0 Å². The number of nitrogens with one attached hydrogen (secondary N) is 1. The highest BCUT2D eigenvalue weighted by Gasteiger charge is 2.33. The van der Waals surface area contributed by atoms with Gasteiger partial charge < -0.3 is 16.0 Å². The maximum absolute atomic E-state index is 12.7. The average molecular weight is 339 g/mol. The van der Waals surface area contributed by atoms with Crippen LogP contribution in [0.25, 0.3) is 0 Å². The molecule has 1 unspecified atom stereocenters. The molecule has 2 rings (SSSR count). The highest BCUT2D eigenvalue weighted by molar-refractivity contribution is 5.97. The summed E-state index contributed by atoms with van der Waals surface area (Å²) in [6.45, 7) is 5.46. The van der Waals surface area contributed by atoms with Crippen LogP contribution in [0, 0.1) is 13.8 Å². The van der Waals surface area contributed by atoms with Crippen LogP contribution in [0.2, 0.25) is 0 Å². The maximum Gasteiger partial charge on any atom is 0.247 e. The van der Waals surface area contributed by atoms with Crippen molar-refractivity contribution < 1.29 is 9.59 Å². The zero-order valence-electron chi connectivity index (χ0n) is 15.2. The van der Waals surface area contributed by atoms with Gasteiger partial charge in [-0.15, -0.1) is 0 Å². The van der Waals surface area contributed by atoms with E-state index in [1.54, 1.807) is 14.0 Å². The third kappa shape index (κ3) is 4.25. The number of anilines is 1. The highest BCUT2D eigenvalue weighted by atomic mass is 16.2. The first kappa shape index (κ1) is 18.7. The third-order valence-electron chi connectivity index (χ3n) is 4.29. The smallest absolute Gasteiger partial charge is 0.247 e. The maximum atomic E-state index is 12.7. The van der Waals surface area contributed by atoms with Gasteiger partial charge in [0.25, 0.3) is 0 Å². The normalized spacial score (nSPS) is 13.0. The molecule has 0 saturated carbocycles. The van der Waals surface area contributed by atoms with Crippen molar-refractivity contribution in [2.45, 2.75) is 26.3 Å². The van der Waals surface area contributed by atoms with Gasteiger partial charge in [-0.25, -0.2) is 0 Å². The SMILES string of the molecule is Cc1cccc(C)c1NC(=O)CN(C)C(=O)C(C)(N)c1ccccc1. The number of likely N-dealkylation sites (N-methyl/N-ethyl adjacent to an activating group) is 1. The van der Waals surface area contributed by atoms with Gasteiger partial charge in [-0.3, -0.25) is 9.59 Å². The minimum Gasteiger partial charge on any atom is -0.335 e. The van der Waals surface area contributed by atoms with Gasteiger partial charge in [0.15, 0.2) is 0 Å². The van der Waals surface area contributed by atoms with E-state index in [4.69, 9.17) is 5.73 Å². The Kier molecular flexibility index (Phi) is 5.59. The number of amides is 2. The minimum atomic E-state index is -1.19. The number of nitrogens with two attached hydrogens (primary N) is 1. The fraction of sp³-hybridized carbons (Fsp3) is 0.300. The predicted octanol–water partition coefficient (Wildman–Crippen LogP) is 2.57. The first-order valence-corrected chi connectivity index (χ1v) is 8.19. The molecule has 0 bridgehead atoms. The Morgan fingerprint density at radius 1 is 1.04 bits per heavy atom. The lowest BCUT2D eigenvalue weighted by molar-refractivity contribution is -0.138. The Morgan fingerprint density at radius 3 is 2.16 bits per heavy atom. The van der Waals surface area contributed by atoms with E-state index >= 15 is 0 Å². The van der Waals surface area contributed by atoms with Crippen LogP contribution >= 0.6 is 0 Å².